The van der Waals surface area contributed by atoms with Crippen LogP contribution in [0.2, 0.25) is 0 Å². The maximum Gasteiger partial charge on any atom is 0.169 e. The second-order valence-corrected chi connectivity index (χ2v) is 6.59. The Balaban J connectivity index is 1.66. The van der Waals surface area contributed by atoms with Crippen LogP contribution in [0, 0.1) is 5.41 Å². The number of benzene rings is 3. The molecule has 0 bridgehead atoms. The lowest BCUT2D eigenvalue weighted by Gasteiger charge is -2.17. The zero-order chi connectivity index (χ0) is 20.5. The van der Waals surface area contributed by atoms with Gasteiger partial charge in [-0.1, -0.05) is 60.7 Å². The summed E-state index contributed by atoms with van der Waals surface area (Å²) in [6.07, 6.45) is 0.739. The van der Waals surface area contributed by atoms with Gasteiger partial charge in [0.2, 0.25) is 0 Å². The number of hydrogen-bond donors (Lipinski definition) is 3. The van der Waals surface area contributed by atoms with Crippen LogP contribution in [0.3, 0.4) is 0 Å². The number of nitrogens with one attached hydrogen (secondary N) is 2. The summed E-state index contributed by atoms with van der Waals surface area (Å²) in [5.41, 5.74) is 3.51. The fraction of sp³-hybridized carbons (Fsp3) is 0.208. The number of hydrogen-bond acceptors (Lipinski definition) is 5. The van der Waals surface area contributed by atoms with Crippen LogP contribution in [0.5, 0.6) is 11.5 Å². The predicted octanol–water partition coefficient (Wildman–Crippen LogP) is 4.06. The Morgan fingerprint density at radius 1 is 1.03 bits per heavy atom. The third-order valence-electron chi connectivity index (χ3n) is 4.60. The van der Waals surface area contributed by atoms with Crippen molar-refractivity contribution >= 4 is 6.21 Å². The SMILES string of the molecule is COc1cc(C=N)cc(-c2ccccc2)c1OCCNCC(O)c1ccccc1. The maximum atomic E-state index is 10.2. The Kier molecular flexibility index (Phi) is 7.39. The van der Waals surface area contributed by atoms with E-state index in [4.69, 9.17) is 14.9 Å². The highest BCUT2D eigenvalue weighted by molar-refractivity contribution is 5.85. The molecule has 0 fully saturated rings. The van der Waals surface area contributed by atoms with E-state index < -0.39 is 6.10 Å². The zero-order valence-electron chi connectivity index (χ0n) is 16.5. The third-order valence-corrected chi connectivity index (χ3v) is 4.60. The molecule has 3 aromatic rings. The standard InChI is InChI=1S/C24H26N2O3/c1-28-23-15-18(16-25)14-21(19-8-4-2-5-9-19)24(23)29-13-12-26-17-22(27)20-10-6-3-7-11-20/h2-11,14-16,22,25-27H,12-13,17H2,1H3. The minimum Gasteiger partial charge on any atom is -0.493 e. The van der Waals surface area contributed by atoms with E-state index in [2.05, 4.69) is 5.32 Å². The van der Waals surface area contributed by atoms with Crippen molar-refractivity contribution in [3.63, 3.8) is 0 Å². The van der Waals surface area contributed by atoms with Crippen LogP contribution in [0.4, 0.5) is 0 Å². The molecule has 5 heteroatoms. The van der Waals surface area contributed by atoms with Crippen LogP contribution in [0.1, 0.15) is 17.2 Å². The third kappa shape index (κ3) is 5.44. The average molecular weight is 390 g/mol. The topological polar surface area (TPSA) is 74.6 Å². The molecule has 0 aliphatic carbocycles. The predicted molar refractivity (Wildman–Crippen MR) is 116 cm³/mol. The second-order valence-electron chi connectivity index (χ2n) is 6.59. The summed E-state index contributed by atoms with van der Waals surface area (Å²) in [6, 6.07) is 23.2. The molecule has 150 valence electrons. The van der Waals surface area contributed by atoms with E-state index in [1.807, 2.05) is 66.7 Å². The molecule has 3 rings (SSSR count). The van der Waals surface area contributed by atoms with Gasteiger partial charge in [0.05, 0.1) is 13.2 Å². The van der Waals surface area contributed by atoms with Gasteiger partial charge in [-0.05, 0) is 28.8 Å². The number of aliphatic hydroxyl groups excluding tert-OH is 1. The monoisotopic (exact) mass is 390 g/mol. The molecule has 0 saturated carbocycles. The molecular formula is C24H26N2O3. The van der Waals surface area contributed by atoms with Crippen LogP contribution in [-0.2, 0) is 0 Å². The molecule has 0 aromatic heterocycles. The largest absolute Gasteiger partial charge is 0.493 e. The summed E-state index contributed by atoms with van der Waals surface area (Å²) < 4.78 is 11.6. The van der Waals surface area contributed by atoms with E-state index in [-0.39, 0.29) is 0 Å². The number of rotatable bonds is 10. The van der Waals surface area contributed by atoms with Crippen molar-refractivity contribution in [1.29, 1.82) is 5.41 Å². The first-order chi connectivity index (χ1) is 14.2. The Morgan fingerprint density at radius 3 is 2.38 bits per heavy atom. The van der Waals surface area contributed by atoms with Crippen molar-refractivity contribution in [3.05, 3.63) is 83.9 Å². The number of ether oxygens (including phenoxy) is 2. The zero-order valence-corrected chi connectivity index (χ0v) is 16.5. The summed E-state index contributed by atoms with van der Waals surface area (Å²) in [4.78, 5) is 0. The minimum atomic E-state index is -0.558. The molecule has 5 nitrogen and oxygen atoms in total. The molecule has 29 heavy (non-hydrogen) atoms. The van der Waals surface area contributed by atoms with Crippen LogP contribution in [0.25, 0.3) is 11.1 Å². The maximum absolute atomic E-state index is 10.2. The normalized spacial score (nSPS) is 11.7. The van der Waals surface area contributed by atoms with Gasteiger partial charge >= 0.3 is 0 Å². The van der Waals surface area contributed by atoms with E-state index in [0.717, 1.165) is 22.3 Å². The summed E-state index contributed by atoms with van der Waals surface area (Å²) in [7, 11) is 1.60. The van der Waals surface area contributed by atoms with Gasteiger partial charge in [-0.15, -0.1) is 0 Å². The molecular weight excluding hydrogens is 364 g/mol. The van der Waals surface area contributed by atoms with Gasteiger partial charge in [0, 0.05) is 24.9 Å². The molecule has 3 N–H and O–H groups in total. The van der Waals surface area contributed by atoms with Crippen molar-refractivity contribution in [2.45, 2.75) is 6.10 Å². The second kappa shape index (κ2) is 10.4. The fourth-order valence-electron chi connectivity index (χ4n) is 3.10. The van der Waals surface area contributed by atoms with E-state index in [1.54, 1.807) is 13.2 Å². The van der Waals surface area contributed by atoms with Crippen molar-refractivity contribution < 1.29 is 14.6 Å². The first kappa shape index (κ1) is 20.6. The van der Waals surface area contributed by atoms with E-state index in [0.29, 0.717) is 31.2 Å². The molecule has 0 aliphatic rings. The lowest BCUT2D eigenvalue weighted by atomic mass is 10.0. The lowest BCUT2D eigenvalue weighted by Crippen LogP contribution is -2.26. The molecule has 0 radical (unpaired) electrons. The lowest BCUT2D eigenvalue weighted by molar-refractivity contribution is 0.171. The molecule has 1 unspecified atom stereocenters. The summed E-state index contributed by atoms with van der Waals surface area (Å²) in [6.45, 7) is 1.44. The van der Waals surface area contributed by atoms with E-state index >= 15 is 0 Å². The van der Waals surface area contributed by atoms with Gasteiger partial charge in [-0.25, -0.2) is 0 Å². The highest BCUT2D eigenvalue weighted by Crippen LogP contribution is 2.39. The van der Waals surface area contributed by atoms with Gasteiger partial charge in [0.1, 0.15) is 6.61 Å². The number of aliphatic hydroxyl groups is 1. The van der Waals surface area contributed by atoms with Gasteiger partial charge in [-0.3, -0.25) is 0 Å². The van der Waals surface area contributed by atoms with Crippen molar-refractivity contribution in [3.8, 4) is 22.6 Å². The highest BCUT2D eigenvalue weighted by atomic mass is 16.5. The van der Waals surface area contributed by atoms with Crippen molar-refractivity contribution in [2.75, 3.05) is 26.8 Å². The summed E-state index contributed by atoms with van der Waals surface area (Å²) in [5.74, 6) is 1.24. The first-order valence-electron chi connectivity index (χ1n) is 9.57. The molecule has 0 aliphatic heterocycles. The minimum absolute atomic E-state index is 0.418. The van der Waals surface area contributed by atoms with Crippen LogP contribution in [-0.4, -0.2) is 38.1 Å². The quantitative estimate of drug-likeness (QED) is 0.360. The van der Waals surface area contributed by atoms with E-state index in [9.17, 15) is 5.11 Å². The smallest absolute Gasteiger partial charge is 0.169 e. The Morgan fingerprint density at radius 2 is 1.72 bits per heavy atom. The number of methoxy groups -OCH3 is 1. The first-order valence-corrected chi connectivity index (χ1v) is 9.57. The van der Waals surface area contributed by atoms with E-state index in [1.165, 1.54) is 6.21 Å². The summed E-state index contributed by atoms with van der Waals surface area (Å²) in [5, 5.41) is 21.0. The van der Waals surface area contributed by atoms with Crippen LogP contribution in [0.15, 0.2) is 72.8 Å². The van der Waals surface area contributed by atoms with Crippen molar-refractivity contribution in [1.82, 2.24) is 5.32 Å². The summed E-state index contributed by atoms with van der Waals surface area (Å²) >= 11 is 0. The highest BCUT2D eigenvalue weighted by Gasteiger charge is 2.14. The molecule has 0 heterocycles. The van der Waals surface area contributed by atoms with Gasteiger partial charge in [0.15, 0.2) is 11.5 Å². The van der Waals surface area contributed by atoms with Gasteiger partial charge < -0.3 is 25.3 Å². The van der Waals surface area contributed by atoms with Crippen LogP contribution >= 0.6 is 0 Å². The molecule has 3 aromatic carbocycles. The Labute approximate surface area is 171 Å². The molecule has 0 amide bonds. The van der Waals surface area contributed by atoms with Gasteiger partial charge in [-0.2, -0.15) is 0 Å². The average Bonchev–Trinajstić information content (AvgIpc) is 2.79. The van der Waals surface area contributed by atoms with Crippen LogP contribution < -0.4 is 14.8 Å². The molecule has 0 spiro atoms. The van der Waals surface area contributed by atoms with Gasteiger partial charge in [0.25, 0.3) is 0 Å². The fourth-order valence-corrected chi connectivity index (χ4v) is 3.10. The van der Waals surface area contributed by atoms with Crippen molar-refractivity contribution in [2.24, 2.45) is 0 Å². The molecule has 1 atom stereocenters. The Bertz CT molecular complexity index is 914. The molecule has 0 saturated heterocycles. The Hall–Kier alpha value is -3.15.